The van der Waals surface area contributed by atoms with Crippen molar-refractivity contribution in [2.75, 3.05) is 6.26 Å². The maximum atomic E-state index is 11.2. The molecular formula is C12H19N3O2S. The first kappa shape index (κ1) is 13.5. The van der Waals surface area contributed by atoms with Gasteiger partial charge in [0.2, 0.25) is 0 Å². The van der Waals surface area contributed by atoms with Gasteiger partial charge < -0.3 is 0 Å². The molecule has 0 amide bonds. The minimum atomic E-state index is -3.00. The van der Waals surface area contributed by atoms with Crippen molar-refractivity contribution in [1.29, 1.82) is 0 Å². The van der Waals surface area contributed by atoms with Gasteiger partial charge in [0.1, 0.15) is 0 Å². The predicted molar refractivity (Wildman–Crippen MR) is 70.7 cm³/mol. The average molecular weight is 269 g/mol. The Morgan fingerprint density at radius 1 is 1.22 bits per heavy atom. The van der Waals surface area contributed by atoms with Gasteiger partial charge in [-0.15, -0.1) is 0 Å². The first-order valence-corrected chi connectivity index (χ1v) is 8.06. The average Bonchev–Trinajstić information content (AvgIpc) is 2.58. The molecule has 0 spiro atoms. The number of aromatic nitrogens is 1. The number of hydrazine groups is 1. The summed E-state index contributed by atoms with van der Waals surface area (Å²) < 4.78 is 22.4. The number of rotatable bonds is 3. The van der Waals surface area contributed by atoms with Gasteiger partial charge in [-0.1, -0.05) is 6.07 Å². The van der Waals surface area contributed by atoms with Gasteiger partial charge in [-0.05, 0) is 25.5 Å². The molecular weight excluding hydrogens is 250 g/mol. The van der Waals surface area contributed by atoms with Crippen LogP contribution in [0.25, 0.3) is 0 Å². The molecule has 2 heterocycles. The van der Waals surface area contributed by atoms with Crippen LogP contribution in [0.5, 0.6) is 0 Å². The van der Waals surface area contributed by atoms with Gasteiger partial charge >= 0.3 is 0 Å². The Hall–Kier alpha value is -0.980. The molecule has 18 heavy (non-hydrogen) atoms. The maximum Gasteiger partial charge on any atom is 0.151 e. The topological polar surface area (TPSA) is 71.1 Å². The van der Waals surface area contributed by atoms with E-state index in [9.17, 15) is 8.42 Å². The molecule has 1 fully saturated rings. The van der Waals surface area contributed by atoms with Crippen molar-refractivity contribution < 1.29 is 8.42 Å². The highest BCUT2D eigenvalue weighted by molar-refractivity contribution is 7.89. The molecule has 100 valence electrons. The molecule has 0 radical (unpaired) electrons. The lowest BCUT2D eigenvalue weighted by Crippen LogP contribution is -2.30. The van der Waals surface area contributed by atoms with Crippen molar-refractivity contribution in [3.63, 3.8) is 0 Å². The number of nitrogens with one attached hydrogen (secondary N) is 2. The zero-order chi connectivity index (χ0) is 13.3. The normalized spacial score (nSPS) is 28.5. The third-order valence-electron chi connectivity index (χ3n) is 3.23. The molecule has 6 heteroatoms. The SMILES string of the molecule is CC1NNC(C)C1c1ccc(CS(C)(=O)=O)cn1. The second-order valence-electron chi connectivity index (χ2n) is 5.05. The van der Waals surface area contributed by atoms with E-state index >= 15 is 0 Å². The quantitative estimate of drug-likeness (QED) is 0.840. The molecule has 0 aromatic carbocycles. The summed E-state index contributed by atoms with van der Waals surface area (Å²) in [5, 5.41) is 0. The van der Waals surface area contributed by atoms with Crippen LogP contribution >= 0.6 is 0 Å². The fourth-order valence-corrected chi connectivity index (χ4v) is 3.19. The van der Waals surface area contributed by atoms with E-state index in [1.165, 1.54) is 6.26 Å². The van der Waals surface area contributed by atoms with E-state index in [1.807, 2.05) is 12.1 Å². The number of sulfone groups is 1. The molecule has 2 rings (SSSR count). The third kappa shape index (κ3) is 3.07. The van der Waals surface area contributed by atoms with Crippen LogP contribution in [0, 0.1) is 0 Å². The summed E-state index contributed by atoms with van der Waals surface area (Å²) in [6.45, 7) is 4.21. The maximum absolute atomic E-state index is 11.2. The summed E-state index contributed by atoms with van der Waals surface area (Å²) in [6.07, 6.45) is 2.89. The predicted octanol–water partition coefficient (Wildman–Crippen LogP) is 0.595. The van der Waals surface area contributed by atoms with E-state index in [0.717, 1.165) is 11.3 Å². The lowest BCUT2D eigenvalue weighted by Gasteiger charge is -2.17. The fourth-order valence-electron chi connectivity index (χ4n) is 2.41. The Labute approximate surface area is 108 Å². The number of hydrogen-bond donors (Lipinski definition) is 2. The van der Waals surface area contributed by atoms with Gasteiger partial charge in [-0.2, -0.15) is 0 Å². The molecule has 2 unspecified atom stereocenters. The summed E-state index contributed by atoms with van der Waals surface area (Å²) >= 11 is 0. The molecule has 1 aromatic heterocycles. The Balaban J connectivity index is 2.17. The van der Waals surface area contributed by atoms with Crippen molar-refractivity contribution in [2.24, 2.45) is 0 Å². The van der Waals surface area contributed by atoms with Gasteiger partial charge in [0, 0.05) is 36.1 Å². The molecule has 2 atom stereocenters. The van der Waals surface area contributed by atoms with Crippen molar-refractivity contribution in [1.82, 2.24) is 15.8 Å². The van der Waals surface area contributed by atoms with Gasteiger partial charge in [0.05, 0.1) is 5.75 Å². The Bertz CT molecular complexity index is 503. The second kappa shape index (κ2) is 4.95. The largest absolute Gasteiger partial charge is 0.261 e. The molecule has 0 saturated carbocycles. The smallest absolute Gasteiger partial charge is 0.151 e. The minimum Gasteiger partial charge on any atom is -0.261 e. The number of nitrogens with zero attached hydrogens (tertiary/aromatic N) is 1. The highest BCUT2D eigenvalue weighted by Gasteiger charge is 2.31. The Kier molecular flexibility index (Phi) is 3.70. The Morgan fingerprint density at radius 2 is 1.83 bits per heavy atom. The standard InChI is InChI=1S/C12H19N3O2S/c1-8-12(9(2)15-14-8)11-5-4-10(6-13-11)7-18(3,16)17/h4-6,8-9,12,14-15H,7H2,1-3H3. The first-order chi connectivity index (χ1) is 8.37. The molecule has 0 bridgehead atoms. The van der Waals surface area contributed by atoms with Crippen LogP contribution in [-0.2, 0) is 15.6 Å². The zero-order valence-electron chi connectivity index (χ0n) is 10.8. The van der Waals surface area contributed by atoms with E-state index in [0.29, 0.717) is 18.0 Å². The molecule has 2 N–H and O–H groups in total. The highest BCUT2D eigenvalue weighted by atomic mass is 32.2. The minimum absolute atomic E-state index is 0.0482. The molecule has 1 saturated heterocycles. The van der Waals surface area contributed by atoms with Gasteiger partial charge in [-0.25, -0.2) is 8.42 Å². The number of hydrogen-bond acceptors (Lipinski definition) is 5. The highest BCUT2D eigenvalue weighted by Crippen LogP contribution is 2.25. The third-order valence-corrected chi connectivity index (χ3v) is 4.09. The monoisotopic (exact) mass is 269 g/mol. The first-order valence-electron chi connectivity index (χ1n) is 6.00. The zero-order valence-corrected chi connectivity index (χ0v) is 11.7. The van der Waals surface area contributed by atoms with Crippen molar-refractivity contribution in [2.45, 2.75) is 37.6 Å². The van der Waals surface area contributed by atoms with Crippen LogP contribution < -0.4 is 10.9 Å². The summed E-state index contributed by atoms with van der Waals surface area (Å²) in [4.78, 5) is 4.40. The van der Waals surface area contributed by atoms with E-state index < -0.39 is 9.84 Å². The number of pyridine rings is 1. The molecule has 1 aliphatic heterocycles. The van der Waals surface area contributed by atoms with E-state index in [1.54, 1.807) is 6.20 Å². The van der Waals surface area contributed by atoms with Crippen LogP contribution in [-0.4, -0.2) is 31.7 Å². The summed E-state index contributed by atoms with van der Waals surface area (Å²) in [5.74, 6) is 0.351. The van der Waals surface area contributed by atoms with E-state index in [2.05, 4.69) is 29.7 Å². The second-order valence-corrected chi connectivity index (χ2v) is 7.19. The van der Waals surface area contributed by atoms with Crippen LogP contribution in [0.1, 0.15) is 31.0 Å². The lowest BCUT2D eigenvalue weighted by atomic mass is 9.92. The van der Waals surface area contributed by atoms with E-state index in [-0.39, 0.29) is 5.75 Å². The van der Waals surface area contributed by atoms with Gasteiger partial charge in [0.25, 0.3) is 0 Å². The summed E-state index contributed by atoms with van der Waals surface area (Å²) in [6, 6.07) is 4.40. The molecule has 5 nitrogen and oxygen atoms in total. The van der Waals surface area contributed by atoms with Crippen molar-refractivity contribution in [3.05, 3.63) is 29.6 Å². The van der Waals surface area contributed by atoms with Crippen molar-refractivity contribution >= 4 is 9.84 Å². The molecule has 0 aliphatic carbocycles. The van der Waals surface area contributed by atoms with Crippen LogP contribution in [0.4, 0.5) is 0 Å². The lowest BCUT2D eigenvalue weighted by molar-refractivity contribution is 0.559. The van der Waals surface area contributed by atoms with E-state index in [4.69, 9.17) is 0 Å². The summed E-state index contributed by atoms with van der Waals surface area (Å²) in [7, 11) is -3.00. The Morgan fingerprint density at radius 3 is 2.28 bits per heavy atom. The molecule has 1 aliphatic rings. The van der Waals surface area contributed by atoms with Crippen LogP contribution in [0.15, 0.2) is 18.3 Å². The summed E-state index contributed by atoms with van der Waals surface area (Å²) in [5.41, 5.74) is 8.10. The molecule has 1 aromatic rings. The fraction of sp³-hybridized carbons (Fsp3) is 0.583. The van der Waals surface area contributed by atoms with Gasteiger partial charge in [0.15, 0.2) is 9.84 Å². The van der Waals surface area contributed by atoms with Crippen LogP contribution in [0.2, 0.25) is 0 Å². The van der Waals surface area contributed by atoms with Crippen LogP contribution in [0.3, 0.4) is 0 Å². The van der Waals surface area contributed by atoms with Gasteiger partial charge in [-0.3, -0.25) is 15.8 Å². The van der Waals surface area contributed by atoms with Crippen molar-refractivity contribution in [3.8, 4) is 0 Å².